The van der Waals surface area contributed by atoms with E-state index in [0.29, 0.717) is 12.5 Å². The van der Waals surface area contributed by atoms with Crippen molar-refractivity contribution in [3.8, 4) is 5.69 Å². The summed E-state index contributed by atoms with van der Waals surface area (Å²) in [5, 5.41) is 3.85. The number of para-hydroxylation sites is 1. The maximum atomic E-state index is 13.5. The zero-order valence-electron chi connectivity index (χ0n) is 22.3. The zero-order valence-corrected chi connectivity index (χ0v) is 23.1. The smallest absolute Gasteiger partial charge is 0.255 e. The van der Waals surface area contributed by atoms with Crippen LogP contribution in [0.2, 0.25) is 0 Å². The lowest BCUT2D eigenvalue weighted by Gasteiger charge is -2.33. The second-order valence-electron chi connectivity index (χ2n) is 11.0. The van der Waals surface area contributed by atoms with Gasteiger partial charge in [-0.1, -0.05) is 39.0 Å². The van der Waals surface area contributed by atoms with Gasteiger partial charge in [-0.05, 0) is 80.3 Å². The molecule has 1 aliphatic carbocycles. The Morgan fingerprint density at radius 1 is 1.19 bits per heavy atom. The number of thiophene rings is 1. The van der Waals surface area contributed by atoms with Gasteiger partial charge >= 0.3 is 0 Å². The highest BCUT2D eigenvalue weighted by Gasteiger charge is 2.33. The van der Waals surface area contributed by atoms with Crippen LogP contribution in [0.1, 0.15) is 70.7 Å². The van der Waals surface area contributed by atoms with E-state index in [-0.39, 0.29) is 11.3 Å². The third-order valence-electron chi connectivity index (χ3n) is 7.51. The number of carbonyl (C=O) groups is 1. The molecule has 1 N–H and O–H groups in total. The van der Waals surface area contributed by atoms with Crippen molar-refractivity contribution in [3.05, 3.63) is 93.5 Å². The molecule has 1 atom stereocenters. The molecule has 0 saturated carbocycles. The quantitative estimate of drug-likeness (QED) is 0.270. The van der Waals surface area contributed by atoms with Crippen LogP contribution < -0.4 is 5.32 Å². The van der Waals surface area contributed by atoms with Crippen molar-refractivity contribution >= 4 is 28.5 Å². The molecule has 4 aromatic rings. The number of hydrogen-bond acceptors (Lipinski definition) is 4. The standard InChI is InChI=1S/C31H35N3O2S/c1-20-16-22(21(2)34(20)24-10-7-6-8-11-24)18-33-30-28(29(35)32-19-25-12-9-15-36-25)26-14-13-23(31(3,4)5)17-27(26)37-30/h6-12,15-16,18,23H,13-14,17,19H2,1-5H3,(H,32,35)/t23-/m1/s1. The number of carbonyl (C=O) groups excluding carboxylic acids is 1. The Morgan fingerprint density at radius 2 is 1.97 bits per heavy atom. The van der Waals surface area contributed by atoms with Crippen LogP contribution in [-0.4, -0.2) is 16.7 Å². The first-order valence-corrected chi connectivity index (χ1v) is 13.8. The van der Waals surface area contributed by atoms with E-state index in [9.17, 15) is 4.79 Å². The summed E-state index contributed by atoms with van der Waals surface area (Å²) in [6.07, 6.45) is 6.55. The molecule has 6 heteroatoms. The molecule has 1 aromatic carbocycles. The number of nitrogens with one attached hydrogen (secondary N) is 1. The Balaban J connectivity index is 1.49. The predicted molar refractivity (Wildman–Crippen MR) is 152 cm³/mol. The molecule has 0 spiro atoms. The maximum absolute atomic E-state index is 13.5. The Hall–Kier alpha value is -3.38. The van der Waals surface area contributed by atoms with Gasteiger partial charge < -0.3 is 14.3 Å². The highest BCUT2D eigenvalue weighted by atomic mass is 32.1. The van der Waals surface area contributed by atoms with E-state index < -0.39 is 0 Å². The second-order valence-corrected chi connectivity index (χ2v) is 12.1. The van der Waals surface area contributed by atoms with E-state index in [1.165, 1.54) is 10.4 Å². The number of aromatic nitrogens is 1. The Bertz CT molecular complexity index is 1420. The number of furan rings is 1. The van der Waals surface area contributed by atoms with E-state index >= 15 is 0 Å². The molecule has 0 saturated heterocycles. The van der Waals surface area contributed by atoms with Crippen LogP contribution in [0.3, 0.4) is 0 Å². The summed E-state index contributed by atoms with van der Waals surface area (Å²) in [5.74, 6) is 1.26. The fourth-order valence-electron chi connectivity index (χ4n) is 5.33. The molecule has 5 nitrogen and oxygen atoms in total. The molecule has 0 radical (unpaired) electrons. The number of aryl methyl sites for hydroxylation is 1. The minimum atomic E-state index is -0.0787. The molecule has 3 heterocycles. The van der Waals surface area contributed by atoms with Crippen LogP contribution in [0.5, 0.6) is 0 Å². The van der Waals surface area contributed by atoms with Gasteiger partial charge in [-0.2, -0.15) is 0 Å². The first kappa shape index (κ1) is 25.3. The first-order chi connectivity index (χ1) is 17.7. The number of rotatable bonds is 6. The van der Waals surface area contributed by atoms with Crippen LogP contribution in [0.15, 0.2) is 64.2 Å². The van der Waals surface area contributed by atoms with Crippen molar-refractivity contribution in [2.24, 2.45) is 16.3 Å². The predicted octanol–water partition coefficient (Wildman–Crippen LogP) is 7.58. The molecule has 1 amide bonds. The number of fused-ring (bicyclic) bond motifs is 1. The molecule has 0 aliphatic heterocycles. The van der Waals surface area contributed by atoms with Crippen molar-refractivity contribution in [1.29, 1.82) is 0 Å². The summed E-state index contributed by atoms with van der Waals surface area (Å²) in [6.45, 7) is 11.5. The summed E-state index contributed by atoms with van der Waals surface area (Å²) in [7, 11) is 0. The maximum Gasteiger partial charge on any atom is 0.255 e. The molecular weight excluding hydrogens is 478 g/mol. The van der Waals surface area contributed by atoms with Crippen molar-refractivity contribution < 1.29 is 9.21 Å². The molecule has 192 valence electrons. The Labute approximate surface area is 223 Å². The van der Waals surface area contributed by atoms with Crippen LogP contribution in [0.25, 0.3) is 5.69 Å². The number of nitrogens with zero attached hydrogens (tertiary/aromatic N) is 2. The van der Waals surface area contributed by atoms with E-state index in [4.69, 9.17) is 9.41 Å². The molecule has 5 rings (SSSR count). The molecule has 1 aliphatic rings. The Morgan fingerprint density at radius 3 is 2.68 bits per heavy atom. The Kier molecular flexibility index (Phi) is 6.95. The van der Waals surface area contributed by atoms with Crippen molar-refractivity contribution in [2.45, 2.75) is 60.4 Å². The van der Waals surface area contributed by atoms with Gasteiger partial charge in [0.1, 0.15) is 10.8 Å². The van der Waals surface area contributed by atoms with Gasteiger partial charge in [0.15, 0.2) is 0 Å². The van der Waals surface area contributed by atoms with Crippen molar-refractivity contribution in [3.63, 3.8) is 0 Å². The molecule has 0 unspecified atom stereocenters. The van der Waals surface area contributed by atoms with Crippen molar-refractivity contribution in [2.75, 3.05) is 0 Å². The number of hydrogen-bond donors (Lipinski definition) is 1. The van der Waals surface area contributed by atoms with Gasteiger partial charge in [0.25, 0.3) is 5.91 Å². The van der Waals surface area contributed by atoms with Crippen LogP contribution in [-0.2, 0) is 19.4 Å². The van der Waals surface area contributed by atoms with Crippen LogP contribution in [0, 0.1) is 25.2 Å². The lowest BCUT2D eigenvalue weighted by atomic mass is 9.72. The third kappa shape index (κ3) is 5.21. The SMILES string of the molecule is Cc1cc(C=Nc2sc3c(c2C(=O)NCc2ccco2)CC[C@@H](C(C)(C)C)C3)c(C)n1-c1ccccc1. The van der Waals surface area contributed by atoms with Gasteiger partial charge in [0.2, 0.25) is 0 Å². The van der Waals surface area contributed by atoms with Gasteiger partial charge in [0, 0.05) is 33.7 Å². The first-order valence-electron chi connectivity index (χ1n) is 13.0. The van der Waals surface area contributed by atoms with E-state index in [2.05, 4.69) is 74.8 Å². The highest BCUT2D eigenvalue weighted by molar-refractivity contribution is 7.16. The van der Waals surface area contributed by atoms with Gasteiger partial charge in [-0.3, -0.25) is 4.79 Å². The summed E-state index contributed by atoms with van der Waals surface area (Å²) in [6, 6.07) is 16.2. The zero-order chi connectivity index (χ0) is 26.2. The summed E-state index contributed by atoms with van der Waals surface area (Å²) < 4.78 is 7.66. The molecule has 37 heavy (non-hydrogen) atoms. The average molecular weight is 514 g/mol. The fourth-order valence-corrected chi connectivity index (χ4v) is 6.59. The van der Waals surface area contributed by atoms with Gasteiger partial charge in [-0.15, -0.1) is 11.3 Å². The van der Waals surface area contributed by atoms with Gasteiger partial charge in [0.05, 0.1) is 18.4 Å². The molecule has 0 fully saturated rings. The lowest BCUT2D eigenvalue weighted by Crippen LogP contribution is -2.28. The number of aliphatic imine (C=N–C) groups is 1. The third-order valence-corrected chi connectivity index (χ3v) is 8.67. The van der Waals surface area contributed by atoms with Crippen LogP contribution in [0.4, 0.5) is 5.00 Å². The van der Waals surface area contributed by atoms with E-state index in [0.717, 1.165) is 58.2 Å². The van der Waals surface area contributed by atoms with E-state index in [1.54, 1.807) is 17.6 Å². The average Bonchev–Trinajstić information content (AvgIpc) is 3.58. The second kappa shape index (κ2) is 10.2. The minimum Gasteiger partial charge on any atom is -0.467 e. The van der Waals surface area contributed by atoms with Gasteiger partial charge in [-0.25, -0.2) is 4.99 Å². The topological polar surface area (TPSA) is 59.5 Å². The monoisotopic (exact) mass is 513 g/mol. The molecule has 3 aromatic heterocycles. The lowest BCUT2D eigenvalue weighted by molar-refractivity contribution is 0.0947. The summed E-state index contributed by atoms with van der Waals surface area (Å²) >= 11 is 1.68. The summed E-state index contributed by atoms with van der Waals surface area (Å²) in [5.41, 5.74) is 6.61. The highest BCUT2D eigenvalue weighted by Crippen LogP contribution is 2.45. The normalized spacial score (nSPS) is 15.8. The number of benzene rings is 1. The van der Waals surface area contributed by atoms with Crippen molar-refractivity contribution in [1.82, 2.24) is 9.88 Å². The fraction of sp³-hybridized carbons (Fsp3) is 0.355. The molecular formula is C31H35N3O2S. The molecule has 0 bridgehead atoms. The summed E-state index contributed by atoms with van der Waals surface area (Å²) in [4.78, 5) is 19.7. The number of amides is 1. The largest absolute Gasteiger partial charge is 0.467 e. The minimum absolute atomic E-state index is 0.0787. The van der Waals surface area contributed by atoms with E-state index in [1.807, 2.05) is 24.4 Å². The van der Waals surface area contributed by atoms with Crippen LogP contribution >= 0.6 is 11.3 Å².